The molecule has 0 bridgehead atoms. The molecule has 140 valence electrons. The Morgan fingerprint density at radius 3 is 2.27 bits per heavy atom. The molecular weight excluding hydrogens is 368 g/mol. The first-order valence-electron chi connectivity index (χ1n) is 8.30. The van der Waals surface area contributed by atoms with Gasteiger partial charge in [0.2, 0.25) is 15.9 Å². The van der Waals surface area contributed by atoms with Crippen molar-refractivity contribution in [3.8, 4) is 0 Å². The topological polar surface area (TPSA) is 66.5 Å². The quantitative estimate of drug-likeness (QED) is 0.746. The van der Waals surface area contributed by atoms with E-state index in [0.717, 1.165) is 5.75 Å². The van der Waals surface area contributed by atoms with Crippen LogP contribution in [0.25, 0.3) is 0 Å². The molecule has 0 aliphatic rings. The number of thioether (sulfide) groups is 1. The number of carbonyl (C=O) groups is 1. The van der Waals surface area contributed by atoms with Crippen LogP contribution in [-0.4, -0.2) is 37.5 Å². The fourth-order valence-corrected chi connectivity index (χ4v) is 4.34. The third kappa shape index (κ3) is 5.59. The molecule has 0 aliphatic carbocycles. The molecule has 2 aromatic rings. The highest BCUT2D eigenvalue weighted by Gasteiger charge is 2.22. The predicted octanol–water partition coefficient (Wildman–Crippen LogP) is 3.59. The second-order valence-corrected chi connectivity index (χ2v) is 9.15. The van der Waals surface area contributed by atoms with Gasteiger partial charge in [-0.3, -0.25) is 4.79 Å². The molecule has 2 rings (SSSR count). The maximum absolute atomic E-state index is 12.4. The van der Waals surface area contributed by atoms with Gasteiger partial charge in [-0.1, -0.05) is 30.3 Å². The predicted molar refractivity (Wildman–Crippen MR) is 108 cm³/mol. The lowest BCUT2D eigenvalue weighted by Gasteiger charge is -2.21. The molecular formula is C19H24N2O3S2. The van der Waals surface area contributed by atoms with E-state index in [1.54, 1.807) is 19.2 Å². The van der Waals surface area contributed by atoms with Crippen molar-refractivity contribution >= 4 is 33.4 Å². The van der Waals surface area contributed by atoms with Gasteiger partial charge in [0.25, 0.3) is 0 Å². The average molecular weight is 393 g/mol. The number of hydrogen-bond acceptors (Lipinski definition) is 4. The molecule has 26 heavy (non-hydrogen) atoms. The largest absolute Gasteiger partial charge is 0.325 e. The number of anilines is 1. The maximum atomic E-state index is 12.4. The van der Waals surface area contributed by atoms with Crippen molar-refractivity contribution in [1.29, 1.82) is 0 Å². The fraction of sp³-hybridized carbons (Fsp3) is 0.316. The minimum absolute atomic E-state index is 0.110. The van der Waals surface area contributed by atoms with Crippen LogP contribution < -0.4 is 5.32 Å². The molecule has 7 heteroatoms. The summed E-state index contributed by atoms with van der Waals surface area (Å²) in [7, 11) is -1.96. The first kappa shape index (κ1) is 20.5. The molecule has 2 aromatic carbocycles. The lowest BCUT2D eigenvalue weighted by atomic mass is 10.2. The van der Waals surface area contributed by atoms with Crippen LogP contribution in [0.3, 0.4) is 0 Å². The number of hydrogen-bond donors (Lipinski definition) is 1. The highest BCUT2D eigenvalue weighted by molar-refractivity contribution is 7.99. The lowest BCUT2D eigenvalue weighted by Crippen LogP contribution is -2.33. The zero-order valence-electron chi connectivity index (χ0n) is 15.2. The second kappa shape index (κ2) is 9.21. The van der Waals surface area contributed by atoms with E-state index in [0.29, 0.717) is 11.4 Å². The highest BCUT2D eigenvalue weighted by Crippen LogP contribution is 2.19. The normalized spacial score (nSPS) is 11.7. The van der Waals surface area contributed by atoms with Gasteiger partial charge in [0.15, 0.2) is 0 Å². The number of carbonyl (C=O) groups excluding carboxylic acids is 1. The number of nitrogens with one attached hydrogen (secondary N) is 1. The Bertz CT molecular complexity index is 820. The van der Waals surface area contributed by atoms with Gasteiger partial charge in [0, 0.05) is 24.5 Å². The van der Waals surface area contributed by atoms with Crippen molar-refractivity contribution in [2.45, 2.75) is 30.5 Å². The lowest BCUT2D eigenvalue weighted by molar-refractivity contribution is -0.113. The van der Waals surface area contributed by atoms with Gasteiger partial charge in [-0.25, -0.2) is 8.42 Å². The molecule has 0 atom stereocenters. The minimum Gasteiger partial charge on any atom is -0.325 e. The summed E-state index contributed by atoms with van der Waals surface area (Å²) >= 11 is 1.53. The molecule has 0 aliphatic heterocycles. The smallest absolute Gasteiger partial charge is 0.243 e. The molecule has 1 amide bonds. The Morgan fingerprint density at radius 1 is 1.08 bits per heavy atom. The summed E-state index contributed by atoms with van der Waals surface area (Å²) in [4.78, 5) is 12.2. The summed E-state index contributed by atoms with van der Waals surface area (Å²) in [6.07, 6.45) is 0. The van der Waals surface area contributed by atoms with Gasteiger partial charge in [-0.2, -0.15) is 4.31 Å². The third-order valence-electron chi connectivity index (χ3n) is 3.89. The van der Waals surface area contributed by atoms with Gasteiger partial charge in [-0.05, 0) is 43.7 Å². The maximum Gasteiger partial charge on any atom is 0.243 e. The first-order chi connectivity index (χ1) is 12.3. The molecule has 0 fully saturated rings. The van der Waals surface area contributed by atoms with E-state index in [1.165, 1.54) is 33.8 Å². The first-order valence-corrected chi connectivity index (χ1v) is 10.9. The summed E-state index contributed by atoms with van der Waals surface area (Å²) in [6.45, 7) is 3.64. The Labute approximate surface area is 159 Å². The number of nitrogens with zero attached hydrogens (tertiary/aromatic N) is 1. The summed E-state index contributed by atoms with van der Waals surface area (Å²) in [5, 5.41) is 2.79. The Hall–Kier alpha value is -1.83. The highest BCUT2D eigenvalue weighted by atomic mass is 32.2. The monoisotopic (exact) mass is 392 g/mol. The van der Waals surface area contributed by atoms with Gasteiger partial charge in [0.1, 0.15) is 0 Å². The number of rotatable bonds is 8. The molecule has 0 unspecified atom stereocenters. The van der Waals surface area contributed by atoms with Crippen LogP contribution in [0, 0.1) is 0 Å². The standard InChI is InChI=1S/C19H24N2O3S2/c1-15(2)21(3)26(23,24)18-11-9-17(10-12-18)20-19(22)14-25-13-16-7-5-4-6-8-16/h4-12,15H,13-14H2,1-3H3,(H,20,22). The van der Waals surface area contributed by atoms with E-state index in [-0.39, 0.29) is 16.8 Å². The van der Waals surface area contributed by atoms with Gasteiger partial charge < -0.3 is 5.32 Å². The number of benzene rings is 2. The van der Waals surface area contributed by atoms with Crippen molar-refractivity contribution in [1.82, 2.24) is 4.31 Å². The Kier molecular flexibility index (Phi) is 7.25. The van der Waals surface area contributed by atoms with Crippen LogP contribution in [0.15, 0.2) is 59.5 Å². The van der Waals surface area contributed by atoms with E-state index < -0.39 is 10.0 Å². The zero-order valence-corrected chi connectivity index (χ0v) is 16.8. The Balaban J connectivity index is 1.89. The van der Waals surface area contributed by atoms with Crippen molar-refractivity contribution in [2.24, 2.45) is 0 Å². The van der Waals surface area contributed by atoms with Crippen molar-refractivity contribution < 1.29 is 13.2 Å². The van der Waals surface area contributed by atoms with Gasteiger partial charge >= 0.3 is 0 Å². The van der Waals surface area contributed by atoms with Crippen LogP contribution >= 0.6 is 11.8 Å². The van der Waals surface area contributed by atoms with Gasteiger partial charge in [-0.15, -0.1) is 11.8 Å². The van der Waals surface area contributed by atoms with E-state index in [1.807, 2.05) is 44.2 Å². The van der Waals surface area contributed by atoms with E-state index in [9.17, 15) is 13.2 Å². The summed E-state index contributed by atoms with van der Waals surface area (Å²) in [5.41, 5.74) is 1.76. The molecule has 0 spiro atoms. The van der Waals surface area contributed by atoms with E-state index in [4.69, 9.17) is 0 Å². The number of sulfonamides is 1. The fourth-order valence-electron chi connectivity index (χ4n) is 2.19. The molecule has 0 aromatic heterocycles. The van der Waals surface area contributed by atoms with E-state index in [2.05, 4.69) is 5.32 Å². The Morgan fingerprint density at radius 2 is 1.69 bits per heavy atom. The van der Waals surface area contributed by atoms with E-state index >= 15 is 0 Å². The average Bonchev–Trinajstić information content (AvgIpc) is 2.62. The van der Waals surface area contributed by atoms with Crippen LogP contribution in [0.2, 0.25) is 0 Å². The minimum atomic E-state index is -3.51. The van der Waals surface area contributed by atoms with Crippen molar-refractivity contribution in [3.05, 3.63) is 60.2 Å². The molecule has 0 heterocycles. The van der Waals surface area contributed by atoms with Crippen LogP contribution in [0.1, 0.15) is 19.4 Å². The van der Waals surface area contributed by atoms with Gasteiger partial charge in [0.05, 0.1) is 10.6 Å². The van der Waals surface area contributed by atoms with Crippen LogP contribution in [-0.2, 0) is 20.6 Å². The van der Waals surface area contributed by atoms with Crippen molar-refractivity contribution in [2.75, 3.05) is 18.1 Å². The molecule has 0 saturated heterocycles. The van der Waals surface area contributed by atoms with Crippen LogP contribution in [0.5, 0.6) is 0 Å². The SMILES string of the molecule is CC(C)N(C)S(=O)(=O)c1ccc(NC(=O)CSCc2ccccc2)cc1. The molecule has 0 saturated carbocycles. The second-order valence-electron chi connectivity index (χ2n) is 6.17. The summed E-state index contributed by atoms with van der Waals surface area (Å²) < 4.78 is 26.2. The van der Waals surface area contributed by atoms with Crippen LogP contribution in [0.4, 0.5) is 5.69 Å². The number of amides is 1. The van der Waals surface area contributed by atoms with Crippen molar-refractivity contribution in [3.63, 3.8) is 0 Å². The third-order valence-corrected chi connectivity index (χ3v) is 6.94. The summed E-state index contributed by atoms with van der Waals surface area (Å²) in [6, 6.07) is 16.1. The molecule has 0 radical (unpaired) electrons. The summed E-state index contributed by atoms with van der Waals surface area (Å²) in [5.74, 6) is 0.999. The molecule has 1 N–H and O–H groups in total. The molecule has 5 nitrogen and oxygen atoms in total. The zero-order chi connectivity index (χ0) is 19.2.